The van der Waals surface area contributed by atoms with Gasteiger partial charge in [-0.15, -0.1) is 0 Å². The predicted molar refractivity (Wildman–Crippen MR) is 158 cm³/mol. The summed E-state index contributed by atoms with van der Waals surface area (Å²) in [6.07, 6.45) is 9.71. The van der Waals surface area contributed by atoms with E-state index in [1.165, 1.54) is 19.1 Å². The third-order valence-electron chi connectivity index (χ3n) is 7.43. The molecule has 0 N–H and O–H groups in total. The zero-order valence-corrected chi connectivity index (χ0v) is 24.4. The van der Waals surface area contributed by atoms with Crippen molar-refractivity contribution in [3.63, 3.8) is 0 Å². The SMILES string of the molecule is Cc1cn(-c2ccc(-c3cccc(S(C)(=O)=O)c3)cc2-c2nc(C)oc2-c2ccc(OC3CCCC3)nc2)c(C)n1. The maximum atomic E-state index is 12.3. The van der Waals surface area contributed by atoms with E-state index in [0.717, 1.165) is 52.3 Å². The summed E-state index contributed by atoms with van der Waals surface area (Å²) < 4.78 is 38.8. The first-order valence-electron chi connectivity index (χ1n) is 13.7. The van der Waals surface area contributed by atoms with E-state index in [9.17, 15) is 8.42 Å². The Labute approximate surface area is 240 Å². The standard InChI is InChI=1S/C32H32N4O4S/c1-20-19-36(21(2)34-20)29-14-12-24(23-8-7-11-27(16-23)41(4,37)38)17-28(29)31-32(39-22(3)35-31)25-13-15-30(33-18-25)40-26-9-5-6-10-26/h7-8,11-19,26H,5-6,9-10H2,1-4H3. The number of nitrogens with zero attached hydrogens (tertiary/aromatic N) is 4. The summed E-state index contributed by atoms with van der Waals surface area (Å²) in [6.45, 7) is 5.74. The monoisotopic (exact) mass is 568 g/mol. The predicted octanol–water partition coefficient (Wildman–Crippen LogP) is 6.91. The fraction of sp³-hybridized carbons (Fsp3) is 0.281. The molecule has 1 fully saturated rings. The van der Waals surface area contributed by atoms with Gasteiger partial charge in [0, 0.05) is 42.8 Å². The molecule has 1 saturated carbocycles. The molecule has 41 heavy (non-hydrogen) atoms. The number of rotatable bonds is 7. The van der Waals surface area contributed by atoms with Crippen LogP contribution in [0.25, 0.3) is 39.4 Å². The molecule has 3 aromatic heterocycles. The molecule has 5 aromatic rings. The average Bonchev–Trinajstić information content (AvgIpc) is 3.68. The highest BCUT2D eigenvalue weighted by Gasteiger charge is 2.22. The second kappa shape index (κ2) is 10.6. The molecule has 6 rings (SSSR count). The minimum Gasteiger partial charge on any atom is -0.474 e. The Morgan fingerprint density at radius 1 is 0.927 bits per heavy atom. The van der Waals surface area contributed by atoms with Crippen LogP contribution < -0.4 is 4.74 Å². The van der Waals surface area contributed by atoms with Gasteiger partial charge in [-0.2, -0.15) is 0 Å². The van der Waals surface area contributed by atoms with Gasteiger partial charge in [0.2, 0.25) is 5.88 Å². The van der Waals surface area contributed by atoms with Crippen molar-refractivity contribution in [3.05, 3.63) is 84.4 Å². The van der Waals surface area contributed by atoms with Crippen LogP contribution in [0.3, 0.4) is 0 Å². The molecule has 8 nitrogen and oxygen atoms in total. The number of hydrogen-bond donors (Lipinski definition) is 0. The van der Waals surface area contributed by atoms with E-state index in [2.05, 4.69) is 9.97 Å². The Balaban J connectivity index is 1.48. The summed E-state index contributed by atoms with van der Waals surface area (Å²) >= 11 is 0. The Morgan fingerprint density at radius 3 is 2.37 bits per heavy atom. The van der Waals surface area contributed by atoms with Gasteiger partial charge in [0.25, 0.3) is 0 Å². The normalized spacial score (nSPS) is 14.0. The zero-order chi connectivity index (χ0) is 28.7. The zero-order valence-electron chi connectivity index (χ0n) is 23.6. The molecule has 0 amide bonds. The van der Waals surface area contributed by atoms with Gasteiger partial charge in [0.1, 0.15) is 17.6 Å². The fourth-order valence-corrected chi connectivity index (χ4v) is 6.12. The molecule has 0 aliphatic heterocycles. The minimum atomic E-state index is -3.36. The van der Waals surface area contributed by atoms with Crippen molar-refractivity contribution in [3.8, 4) is 45.3 Å². The van der Waals surface area contributed by atoms with E-state index in [-0.39, 0.29) is 11.0 Å². The average molecular weight is 569 g/mol. The van der Waals surface area contributed by atoms with Crippen LogP contribution in [0.5, 0.6) is 5.88 Å². The molecule has 210 valence electrons. The van der Waals surface area contributed by atoms with E-state index in [0.29, 0.717) is 23.2 Å². The number of benzene rings is 2. The largest absolute Gasteiger partial charge is 0.474 e. The molecular weight excluding hydrogens is 536 g/mol. The summed E-state index contributed by atoms with van der Waals surface area (Å²) in [7, 11) is -3.36. The van der Waals surface area contributed by atoms with Crippen molar-refractivity contribution in [2.75, 3.05) is 6.26 Å². The van der Waals surface area contributed by atoms with Crippen LogP contribution in [0.2, 0.25) is 0 Å². The highest BCUT2D eigenvalue weighted by molar-refractivity contribution is 7.90. The Morgan fingerprint density at radius 2 is 1.68 bits per heavy atom. The number of imidazole rings is 1. The molecule has 1 aliphatic rings. The number of pyridine rings is 1. The number of aryl methyl sites for hydroxylation is 3. The lowest BCUT2D eigenvalue weighted by Crippen LogP contribution is -2.11. The number of aromatic nitrogens is 4. The number of oxazole rings is 1. The third-order valence-corrected chi connectivity index (χ3v) is 8.54. The van der Waals surface area contributed by atoms with Crippen LogP contribution in [0.15, 0.2) is 76.3 Å². The quantitative estimate of drug-likeness (QED) is 0.210. The summed E-state index contributed by atoms with van der Waals surface area (Å²) in [4.78, 5) is 14.3. The molecule has 0 radical (unpaired) electrons. The molecule has 0 saturated heterocycles. The van der Waals surface area contributed by atoms with Gasteiger partial charge in [0.15, 0.2) is 21.5 Å². The third kappa shape index (κ3) is 5.54. The Bertz CT molecular complexity index is 1830. The van der Waals surface area contributed by atoms with Gasteiger partial charge in [0.05, 0.1) is 16.3 Å². The van der Waals surface area contributed by atoms with Crippen molar-refractivity contribution in [1.29, 1.82) is 0 Å². The molecule has 9 heteroatoms. The van der Waals surface area contributed by atoms with Crippen LogP contribution in [-0.4, -0.2) is 40.3 Å². The second-order valence-electron chi connectivity index (χ2n) is 10.7. The summed E-state index contributed by atoms with van der Waals surface area (Å²) in [5.41, 5.74) is 5.70. The highest BCUT2D eigenvalue weighted by atomic mass is 32.2. The topological polar surface area (TPSA) is 100 Å². The number of sulfone groups is 1. The smallest absolute Gasteiger partial charge is 0.213 e. The van der Waals surface area contributed by atoms with Gasteiger partial charge in [-0.3, -0.25) is 0 Å². The summed E-state index contributed by atoms with van der Waals surface area (Å²) in [6, 6.07) is 16.8. The van der Waals surface area contributed by atoms with E-state index in [1.54, 1.807) is 24.4 Å². The van der Waals surface area contributed by atoms with Gasteiger partial charge >= 0.3 is 0 Å². The minimum absolute atomic E-state index is 0.227. The van der Waals surface area contributed by atoms with Gasteiger partial charge in [-0.05, 0) is 81.0 Å². The van der Waals surface area contributed by atoms with Crippen molar-refractivity contribution in [2.45, 2.75) is 57.5 Å². The maximum absolute atomic E-state index is 12.3. The lowest BCUT2D eigenvalue weighted by Gasteiger charge is -2.14. The first-order valence-corrected chi connectivity index (χ1v) is 15.6. The van der Waals surface area contributed by atoms with Crippen LogP contribution in [0.1, 0.15) is 43.1 Å². The lowest BCUT2D eigenvalue weighted by atomic mass is 9.98. The van der Waals surface area contributed by atoms with E-state index < -0.39 is 9.84 Å². The summed E-state index contributed by atoms with van der Waals surface area (Å²) in [5.74, 6) is 2.57. The van der Waals surface area contributed by atoms with E-state index in [1.807, 2.05) is 67.9 Å². The van der Waals surface area contributed by atoms with E-state index in [4.69, 9.17) is 14.1 Å². The summed E-state index contributed by atoms with van der Waals surface area (Å²) in [5, 5.41) is 0. The molecule has 1 aliphatic carbocycles. The highest BCUT2D eigenvalue weighted by Crippen LogP contribution is 2.39. The van der Waals surface area contributed by atoms with Crippen LogP contribution >= 0.6 is 0 Å². The van der Waals surface area contributed by atoms with Gasteiger partial charge in [-0.1, -0.05) is 18.2 Å². The van der Waals surface area contributed by atoms with Crippen LogP contribution in [0, 0.1) is 20.8 Å². The van der Waals surface area contributed by atoms with Crippen LogP contribution in [-0.2, 0) is 9.84 Å². The molecule has 0 bridgehead atoms. The maximum Gasteiger partial charge on any atom is 0.213 e. The molecule has 3 heterocycles. The van der Waals surface area contributed by atoms with Crippen LogP contribution in [0.4, 0.5) is 0 Å². The van der Waals surface area contributed by atoms with Gasteiger partial charge < -0.3 is 13.7 Å². The Hall–Kier alpha value is -4.24. The second-order valence-corrected chi connectivity index (χ2v) is 12.7. The van der Waals surface area contributed by atoms with E-state index >= 15 is 0 Å². The first-order chi connectivity index (χ1) is 19.7. The molecule has 0 spiro atoms. The molecule has 0 unspecified atom stereocenters. The van der Waals surface area contributed by atoms with Crippen molar-refractivity contribution < 1.29 is 17.6 Å². The molecule has 2 aromatic carbocycles. The fourth-order valence-electron chi connectivity index (χ4n) is 5.45. The molecular formula is C32H32N4O4S. The number of hydrogen-bond acceptors (Lipinski definition) is 7. The number of ether oxygens (including phenoxy) is 1. The van der Waals surface area contributed by atoms with Crippen molar-refractivity contribution in [1.82, 2.24) is 19.5 Å². The van der Waals surface area contributed by atoms with Crippen molar-refractivity contribution in [2.24, 2.45) is 0 Å². The van der Waals surface area contributed by atoms with Crippen molar-refractivity contribution >= 4 is 9.84 Å². The first kappa shape index (κ1) is 27.0. The van der Waals surface area contributed by atoms with Gasteiger partial charge in [-0.25, -0.2) is 23.4 Å². The molecule has 0 atom stereocenters. The lowest BCUT2D eigenvalue weighted by molar-refractivity contribution is 0.201. The Kier molecular flexibility index (Phi) is 6.99.